The molecule has 0 heterocycles. The Morgan fingerprint density at radius 2 is 1.72 bits per heavy atom. The Balaban J connectivity index is 2.16. The van der Waals surface area contributed by atoms with Crippen LogP contribution in [-0.2, 0) is 6.54 Å². The summed E-state index contributed by atoms with van der Waals surface area (Å²) in [6.07, 6.45) is 0.957. The lowest BCUT2D eigenvalue weighted by Gasteiger charge is -2.24. The SMILES string of the molecule is C=C(CN(CCCN)Cc1ccccc1)c1ccccc1C(Cl)=NC. The number of hydrogen-bond donors (Lipinski definition) is 1. The molecule has 0 aliphatic heterocycles. The number of nitrogens with zero attached hydrogens (tertiary/aromatic N) is 2. The molecule has 2 aromatic rings. The molecule has 2 aromatic carbocycles. The standard InChI is InChI=1S/C21H26ClN3/c1-17(19-11-6-7-12-20(19)21(22)24-2)15-25(14-8-13-23)16-18-9-4-3-5-10-18/h3-7,9-12H,1,8,13-16,23H2,2H3. The van der Waals surface area contributed by atoms with E-state index in [1.807, 2.05) is 24.3 Å². The maximum atomic E-state index is 6.27. The summed E-state index contributed by atoms with van der Waals surface area (Å²) in [6.45, 7) is 7.56. The van der Waals surface area contributed by atoms with Crippen molar-refractivity contribution >= 4 is 22.3 Å². The molecule has 2 rings (SSSR count). The summed E-state index contributed by atoms with van der Waals surface area (Å²) in [7, 11) is 1.70. The highest BCUT2D eigenvalue weighted by molar-refractivity contribution is 6.69. The van der Waals surface area contributed by atoms with Gasteiger partial charge in [0.2, 0.25) is 0 Å². The summed E-state index contributed by atoms with van der Waals surface area (Å²) in [4.78, 5) is 6.48. The number of hydrogen-bond acceptors (Lipinski definition) is 3. The van der Waals surface area contributed by atoms with Crippen molar-refractivity contribution in [1.82, 2.24) is 4.90 Å². The largest absolute Gasteiger partial charge is 0.330 e. The van der Waals surface area contributed by atoms with Gasteiger partial charge in [-0.15, -0.1) is 0 Å². The summed E-state index contributed by atoms with van der Waals surface area (Å²) < 4.78 is 0. The highest BCUT2D eigenvalue weighted by atomic mass is 35.5. The van der Waals surface area contributed by atoms with Crippen molar-refractivity contribution in [3.8, 4) is 0 Å². The van der Waals surface area contributed by atoms with Crippen molar-refractivity contribution in [3.63, 3.8) is 0 Å². The van der Waals surface area contributed by atoms with Crippen LogP contribution in [0.15, 0.2) is 66.2 Å². The molecule has 0 atom stereocenters. The van der Waals surface area contributed by atoms with Gasteiger partial charge in [0.15, 0.2) is 0 Å². The van der Waals surface area contributed by atoms with E-state index in [0.29, 0.717) is 11.7 Å². The van der Waals surface area contributed by atoms with E-state index < -0.39 is 0 Å². The van der Waals surface area contributed by atoms with Gasteiger partial charge in [-0.1, -0.05) is 72.8 Å². The highest BCUT2D eigenvalue weighted by Crippen LogP contribution is 2.22. The molecule has 0 unspecified atom stereocenters. The van der Waals surface area contributed by atoms with E-state index in [1.165, 1.54) is 5.56 Å². The Hall–Kier alpha value is -1.94. The molecule has 0 aromatic heterocycles. The van der Waals surface area contributed by atoms with E-state index in [0.717, 1.165) is 42.8 Å². The first-order valence-electron chi connectivity index (χ1n) is 8.52. The van der Waals surface area contributed by atoms with Gasteiger partial charge in [0, 0.05) is 32.2 Å². The molecule has 0 saturated heterocycles. The first-order valence-corrected chi connectivity index (χ1v) is 8.89. The molecule has 0 saturated carbocycles. The van der Waals surface area contributed by atoms with Crippen molar-refractivity contribution in [2.45, 2.75) is 13.0 Å². The number of nitrogens with two attached hydrogens (primary N) is 1. The molecule has 0 spiro atoms. The van der Waals surface area contributed by atoms with Crippen LogP contribution in [0.2, 0.25) is 0 Å². The Labute approximate surface area is 155 Å². The molecule has 25 heavy (non-hydrogen) atoms. The molecule has 2 N–H and O–H groups in total. The third-order valence-corrected chi connectivity index (χ3v) is 4.44. The average molecular weight is 356 g/mol. The van der Waals surface area contributed by atoms with Gasteiger partial charge in [0.05, 0.1) is 0 Å². The van der Waals surface area contributed by atoms with E-state index in [4.69, 9.17) is 17.3 Å². The molecule has 4 heteroatoms. The Kier molecular flexibility index (Phi) is 7.86. The molecule has 0 fully saturated rings. The fraction of sp³-hybridized carbons (Fsp3) is 0.286. The van der Waals surface area contributed by atoms with Crippen molar-refractivity contribution in [3.05, 3.63) is 77.9 Å². The van der Waals surface area contributed by atoms with Gasteiger partial charge < -0.3 is 5.73 Å². The minimum atomic E-state index is 0.508. The predicted molar refractivity (Wildman–Crippen MR) is 109 cm³/mol. The molecule has 0 aliphatic rings. The Morgan fingerprint density at radius 3 is 2.36 bits per heavy atom. The van der Waals surface area contributed by atoms with E-state index in [-0.39, 0.29) is 0 Å². The molecule has 0 radical (unpaired) electrons. The monoisotopic (exact) mass is 355 g/mol. The lowest BCUT2D eigenvalue weighted by Crippen LogP contribution is -2.28. The van der Waals surface area contributed by atoms with E-state index >= 15 is 0 Å². The van der Waals surface area contributed by atoms with Crippen LogP contribution < -0.4 is 5.73 Å². The second-order valence-corrected chi connectivity index (χ2v) is 6.36. The van der Waals surface area contributed by atoms with Crippen LogP contribution in [0, 0.1) is 0 Å². The molecular weight excluding hydrogens is 330 g/mol. The smallest absolute Gasteiger partial charge is 0.131 e. The number of rotatable bonds is 9. The van der Waals surface area contributed by atoms with Gasteiger partial charge in [-0.05, 0) is 29.7 Å². The van der Waals surface area contributed by atoms with Gasteiger partial charge in [0.1, 0.15) is 5.17 Å². The van der Waals surface area contributed by atoms with Crippen molar-refractivity contribution in [1.29, 1.82) is 0 Å². The second-order valence-electron chi connectivity index (χ2n) is 6.00. The molecule has 0 amide bonds. The quantitative estimate of drug-likeness (QED) is 0.686. The Bertz CT molecular complexity index is 710. The maximum absolute atomic E-state index is 6.27. The third-order valence-electron chi connectivity index (χ3n) is 4.07. The van der Waals surface area contributed by atoms with Gasteiger partial charge in [-0.3, -0.25) is 9.89 Å². The molecule has 132 valence electrons. The molecule has 0 bridgehead atoms. The zero-order valence-corrected chi connectivity index (χ0v) is 15.5. The van der Waals surface area contributed by atoms with Gasteiger partial charge in [0.25, 0.3) is 0 Å². The van der Waals surface area contributed by atoms with Crippen LogP contribution in [0.4, 0.5) is 0 Å². The molecule has 3 nitrogen and oxygen atoms in total. The van der Waals surface area contributed by atoms with Gasteiger partial charge in [-0.2, -0.15) is 0 Å². The summed E-state index contributed by atoms with van der Waals surface area (Å²) in [5, 5.41) is 0.508. The van der Waals surface area contributed by atoms with Crippen LogP contribution in [-0.4, -0.2) is 36.8 Å². The maximum Gasteiger partial charge on any atom is 0.131 e. The normalized spacial score (nSPS) is 11.8. The Morgan fingerprint density at radius 1 is 1.08 bits per heavy atom. The first kappa shape index (κ1) is 19.4. The minimum absolute atomic E-state index is 0.508. The summed E-state index contributed by atoms with van der Waals surface area (Å²) in [6, 6.07) is 18.5. The van der Waals surface area contributed by atoms with Crippen molar-refractivity contribution < 1.29 is 0 Å². The van der Waals surface area contributed by atoms with E-state index in [1.54, 1.807) is 7.05 Å². The molecular formula is C21H26ClN3. The number of halogens is 1. The van der Waals surface area contributed by atoms with Crippen LogP contribution >= 0.6 is 11.6 Å². The third kappa shape index (κ3) is 5.82. The molecule has 0 aliphatic carbocycles. The topological polar surface area (TPSA) is 41.6 Å². The minimum Gasteiger partial charge on any atom is -0.330 e. The van der Waals surface area contributed by atoms with Crippen LogP contribution in [0.1, 0.15) is 23.1 Å². The number of benzene rings is 2. The summed E-state index contributed by atoms with van der Waals surface area (Å²) in [5.74, 6) is 0. The van der Waals surface area contributed by atoms with Crippen LogP contribution in [0.3, 0.4) is 0 Å². The fourth-order valence-electron chi connectivity index (χ4n) is 2.82. The predicted octanol–water partition coefficient (Wildman–Crippen LogP) is 4.17. The first-order chi connectivity index (χ1) is 12.2. The number of aliphatic imine (C=N–C) groups is 1. The summed E-state index contributed by atoms with van der Waals surface area (Å²) in [5.41, 5.74) is 10.0. The fourth-order valence-corrected chi connectivity index (χ4v) is 2.98. The van der Waals surface area contributed by atoms with Gasteiger partial charge >= 0.3 is 0 Å². The van der Waals surface area contributed by atoms with Crippen LogP contribution in [0.25, 0.3) is 5.57 Å². The second kappa shape index (κ2) is 10.1. The zero-order valence-electron chi connectivity index (χ0n) is 14.8. The summed E-state index contributed by atoms with van der Waals surface area (Å²) >= 11 is 6.27. The highest BCUT2D eigenvalue weighted by Gasteiger charge is 2.13. The van der Waals surface area contributed by atoms with E-state index in [2.05, 4.69) is 46.8 Å². The lowest BCUT2D eigenvalue weighted by molar-refractivity contribution is 0.297. The van der Waals surface area contributed by atoms with Gasteiger partial charge in [-0.25, -0.2) is 0 Å². The van der Waals surface area contributed by atoms with Crippen molar-refractivity contribution in [2.75, 3.05) is 26.7 Å². The average Bonchev–Trinajstić information content (AvgIpc) is 2.66. The zero-order chi connectivity index (χ0) is 18.1. The van der Waals surface area contributed by atoms with Crippen molar-refractivity contribution in [2.24, 2.45) is 10.7 Å². The van der Waals surface area contributed by atoms with Crippen LogP contribution in [0.5, 0.6) is 0 Å². The lowest BCUT2D eigenvalue weighted by atomic mass is 10.0. The van der Waals surface area contributed by atoms with E-state index in [9.17, 15) is 0 Å².